The molecule has 0 spiro atoms. The molecule has 0 radical (unpaired) electrons. The van der Waals surface area contributed by atoms with Gasteiger partial charge in [0.25, 0.3) is 5.91 Å². The number of carbonyl (C=O) groups is 2. The lowest BCUT2D eigenvalue weighted by atomic mass is 10.3. The monoisotopic (exact) mass is 389 g/mol. The fourth-order valence-corrected chi connectivity index (χ4v) is 2.53. The van der Waals surface area contributed by atoms with Gasteiger partial charge in [0, 0.05) is 21.6 Å². The molecule has 0 saturated carbocycles. The van der Waals surface area contributed by atoms with E-state index in [4.69, 9.17) is 0 Å². The first-order valence-electron chi connectivity index (χ1n) is 5.96. The van der Waals surface area contributed by atoms with Gasteiger partial charge in [-0.15, -0.1) is 11.8 Å². The Labute approximate surface area is 137 Å². The maximum absolute atomic E-state index is 13.4. The van der Waals surface area contributed by atoms with Gasteiger partial charge in [0.2, 0.25) is 5.91 Å². The molecule has 3 N–H and O–H groups in total. The van der Waals surface area contributed by atoms with Crippen LogP contribution in [0, 0.1) is 11.6 Å². The number of rotatable bonds is 4. The molecule has 116 valence electrons. The quantitative estimate of drug-likeness (QED) is 0.555. The lowest BCUT2D eigenvalue weighted by Gasteiger charge is -2.06. The number of aromatic amines is 1. The number of aromatic nitrogens is 1. The lowest BCUT2D eigenvalue weighted by Crippen LogP contribution is -2.42. The minimum atomic E-state index is -0.738. The SMILES string of the molecule is O=C(CSc1ccc(F)cc1F)NNC(=O)c1cc(Br)c[nH]1. The largest absolute Gasteiger partial charge is 0.356 e. The normalized spacial score (nSPS) is 10.3. The summed E-state index contributed by atoms with van der Waals surface area (Å²) in [5.41, 5.74) is 4.68. The highest BCUT2D eigenvalue weighted by Crippen LogP contribution is 2.21. The molecule has 0 bridgehead atoms. The molecule has 0 fully saturated rings. The predicted molar refractivity (Wildman–Crippen MR) is 81.2 cm³/mol. The van der Waals surface area contributed by atoms with Crippen molar-refractivity contribution in [2.75, 3.05) is 5.75 Å². The highest BCUT2D eigenvalue weighted by molar-refractivity contribution is 9.10. The van der Waals surface area contributed by atoms with Crippen LogP contribution in [-0.4, -0.2) is 22.6 Å². The maximum atomic E-state index is 13.4. The van der Waals surface area contributed by atoms with E-state index < -0.39 is 23.4 Å². The Bertz CT molecular complexity index is 708. The number of nitrogens with one attached hydrogen (secondary N) is 3. The molecule has 0 unspecified atom stereocenters. The van der Waals surface area contributed by atoms with Crippen LogP contribution in [0.3, 0.4) is 0 Å². The number of halogens is 3. The van der Waals surface area contributed by atoms with Gasteiger partial charge in [-0.05, 0) is 34.1 Å². The molecule has 0 atom stereocenters. The van der Waals surface area contributed by atoms with Gasteiger partial charge in [0.15, 0.2) is 0 Å². The van der Waals surface area contributed by atoms with Gasteiger partial charge >= 0.3 is 0 Å². The van der Waals surface area contributed by atoms with Gasteiger partial charge in [-0.25, -0.2) is 8.78 Å². The number of hydrogen-bond acceptors (Lipinski definition) is 3. The average Bonchev–Trinajstić information content (AvgIpc) is 2.90. The van der Waals surface area contributed by atoms with Crippen LogP contribution in [0.4, 0.5) is 8.78 Å². The first-order valence-corrected chi connectivity index (χ1v) is 7.74. The standard InChI is InChI=1S/C13H10BrF2N3O2S/c14-7-3-10(17-5-7)13(21)19-18-12(20)6-22-11-2-1-8(15)4-9(11)16/h1-5,17H,6H2,(H,18,20)(H,19,21). The molecule has 2 rings (SSSR count). The molecule has 0 aliphatic carbocycles. The molecule has 0 saturated heterocycles. The molecular formula is C13H10BrF2N3O2S. The molecular weight excluding hydrogens is 380 g/mol. The summed E-state index contributed by atoms with van der Waals surface area (Å²) in [5, 5.41) is 0. The molecule has 1 aromatic carbocycles. The number of benzene rings is 1. The van der Waals surface area contributed by atoms with Crippen molar-refractivity contribution in [1.82, 2.24) is 15.8 Å². The van der Waals surface area contributed by atoms with Crippen molar-refractivity contribution in [3.63, 3.8) is 0 Å². The van der Waals surface area contributed by atoms with Crippen LogP contribution in [0.5, 0.6) is 0 Å². The Kier molecular flexibility index (Phi) is 5.56. The highest BCUT2D eigenvalue weighted by atomic mass is 79.9. The molecule has 2 amide bonds. The van der Waals surface area contributed by atoms with Gasteiger partial charge in [0.1, 0.15) is 17.3 Å². The van der Waals surface area contributed by atoms with Gasteiger partial charge in [-0.1, -0.05) is 0 Å². The third kappa shape index (κ3) is 4.57. The summed E-state index contributed by atoms with van der Waals surface area (Å²) < 4.78 is 26.8. The summed E-state index contributed by atoms with van der Waals surface area (Å²) in [4.78, 5) is 26.1. The second-order valence-electron chi connectivity index (χ2n) is 4.10. The number of hydrogen-bond donors (Lipinski definition) is 3. The van der Waals surface area contributed by atoms with Crippen LogP contribution in [0.25, 0.3) is 0 Å². The summed E-state index contributed by atoms with van der Waals surface area (Å²) in [6.07, 6.45) is 1.57. The fraction of sp³-hybridized carbons (Fsp3) is 0.0769. The topological polar surface area (TPSA) is 74.0 Å². The van der Waals surface area contributed by atoms with Gasteiger partial charge in [0.05, 0.1) is 5.75 Å². The number of H-pyrrole nitrogens is 1. The van der Waals surface area contributed by atoms with Crippen molar-refractivity contribution >= 4 is 39.5 Å². The van der Waals surface area contributed by atoms with Crippen molar-refractivity contribution in [1.29, 1.82) is 0 Å². The molecule has 1 aromatic heterocycles. The minimum absolute atomic E-state index is 0.128. The zero-order chi connectivity index (χ0) is 16.1. The Hall–Kier alpha value is -1.87. The Balaban J connectivity index is 1.79. The van der Waals surface area contributed by atoms with Gasteiger partial charge < -0.3 is 4.98 Å². The molecule has 1 heterocycles. The van der Waals surface area contributed by atoms with E-state index in [1.165, 1.54) is 6.07 Å². The zero-order valence-corrected chi connectivity index (χ0v) is 13.4. The van der Waals surface area contributed by atoms with Crippen molar-refractivity contribution in [2.45, 2.75) is 4.90 Å². The van der Waals surface area contributed by atoms with E-state index in [9.17, 15) is 18.4 Å². The molecule has 22 heavy (non-hydrogen) atoms. The van der Waals surface area contributed by atoms with E-state index in [0.717, 1.165) is 23.9 Å². The van der Waals surface area contributed by atoms with E-state index in [2.05, 4.69) is 31.8 Å². The summed E-state index contributed by atoms with van der Waals surface area (Å²) in [6, 6.07) is 4.64. The Morgan fingerprint density at radius 2 is 2.00 bits per heavy atom. The zero-order valence-electron chi connectivity index (χ0n) is 11.0. The Morgan fingerprint density at radius 1 is 1.23 bits per heavy atom. The van der Waals surface area contributed by atoms with Crippen LogP contribution in [0.15, 0.2) is 39.8 Å². The lowest BCUT2D eigenvalue weighted by molar-refractivity contribution is -0.119. The number of amides is 2. The summed E-state index contributed by atoms with van der Waals surface area (Å²) in [5.74, 6) is -2.59. The van der Waals surface area contributed by atoms with Gasteiger partial charge in [-0.3, -0.25) is 20.4 Å². The predicted octanol–water partition coefficient (Wildman–Crippen LogP) is 2.61. The maximum Gasteiger partial charge on any atom is 0.286 e. The van der Waals surface area contributed by atoms with Gasteiger partial charge in [-0.2, -0.15) is 0 Å². The van der Waals surface area contributed by atoms with E-state index >= 15 is 0 Å². The van der Waals surface area contributed by atoms with Crippen LogP contribution in [0.1, 0.15) is 10.5 Å². The van der Waals surface area contributed by atoms with E-state index in [1.54, 1.807) is 12.3 Å². The van der Waals surface area contributed by atoms with E-state index in [0.29, 0.717) is 4.47 Å². The third-order valence-electron chi connectivity index (χ3n) is 2.46. The van der Waals surface area contributed by atoms with E-state index in [1.807, 2.05) is 0 Å². The minimum Gasteiger partial charge on any atom is -0.356 e. The molecule has 0 aliphatic rings. The second-order valence-corrected chi connectivity index (χ2v) is 6.03. The van der Waals surface area contributed by atoms with E-state index in [-0.39, 0.29) is 16.3 Å². The first-order chi connectivity index (χ1) is 10.5. The van der Waals surface area contributed by atoms with Crippen molar-refractivity contribution in [3.8, 4) is 0 Å². The fourth-order valence-electron chi connectivity index (χ4n) is 1.46. The molecule has 0 aliphatic heterocycles. The average molecular weight is 390 g/mol. The number of hydrazine groups is 1. The molecule has 9 heteroatoms. The van der Waals surface area contributed by atoms with Crippen molar-refractivity contribution in [2.24, 2.45) is 0 Å². The summed E-state index contributed by atoms with van der Waals surface area (Å²) in [7, 11) is 0. The molecule has 2 aromatic rings. The third-order valence-corrected chi connectivity index (χ3v) is 3.97. The second kappa shape index (κ2) is 7.41. The first kappa shape index (κ1) is 16.5. The van der Waals surface area contributed by atoms with Crippen molar-refractivity contribution < 1.29 is 18.4 Å². The van der Waals surface area contributed by atoms with Crippen molar-refractivity contribution in [3.05, 3.63) is 52.3 Å². The number of thioether (sulfide) groups is 1. The van der Waals surface area contributed by atoms with Crippen LogP contribution < -0.4 is 10.9 Å². The highest BCUT2D eigenvalue weighted by Gasteiger charge is 2.11. The summed E-state index contributed by atoms with van der Waals surface area (Å²) in [6.45, 7) is 0. The van der Waals surface area contributed by atoms with Crippen LogP contribution >= 0.6 is 27.7 Å². The van der Waals surface area contributed by atoms with Crippen LogP contribution in [0.2, 0.25) is 0 Å². The van der Waals surface area contributed by atoms with Crippen LogP contribution in [-0.2, 0) is 4.79 Å². The summed E-state index contributed by atoms with van der Waals surface area (Å²) >= 11 is 4.07. The smallest absolute Gasteiger partial charge is 0.286 e. The molecule has 5 nitrogen and oxygen atoms in total. The number of carbonyl (C=O) groups excluding carboxylic acids is 2. The Morgan fingerprint density at radius 3 is 2.64 bits per heavy atom.